The van der Waals surface area contributed by atoms with Gasteiger partial charge >= 0.3 is 0 Å². The predicted octanol–water partition coefficient (Wildman–Crippen LogP) is 3.87. The van der Waals surface area contributed by atoms with E-state index in [1.807, 2.05) is 25.1 Å². The van der Waals surface area contributed by atoms with Crippen LogP contribution in [0.25, 0.3) is 0 Å². The Balaban J connectivity index is 2.25. The van der Waals surface area contributed by atoms with Crippen LogP contribution >= 0.6 is 22.6 Å². The van der Waals surface area contributed by atoms with Gasteiger partial charge in [-0.2, -0.15) is 0 Å². The molecule has 2 aromatic carbocycles. The molecule has 2 rings (SSSR count). The summed E-state index contributed by atoms with van der Waals surface area (Å²) in [4.78, 5) is 12.4. The van der Waals surface area contributed by atoms with Gasteiger partial charge in [0, 0.05) is 15.3 Å². The van der Waals surface area contributed by atoms with Gasteiger partial charge in [-0.05, 0) is 59.3 Å². The maximum atomic E-state index is 12.4. The first-order chi connectivity index (χ1) is 10.0. The second-order valence-corrected chi connectivity index (χ2v) is 5.65. The van der Waals surface area contributed by atoms with Gasteiger partial charge in [-0.25, -0.2) is 0 Å². The van der Waals surface area contributed by atoms with Gasteiger partial charge in [-0.15, -0.1) is 0 Å². The summed E-state index contributed by atoms with van der Waals surface area (Å²) in [5, 5.41) is 2.87. The molecule has 0 aliphatic carbocycles. The van der Waals surface area contributed by atoms with Gasteiger partial charge in [0.15, 0.2) is 0 Å². The lowest BCUT2D eigenvalue weighted by atomic mass is 10.1. The minimum absolute atomic E-state index is 0.214. The highest BCUT2D eigenvalue weighted by atomic mass is 127. The first-order valence-electron chi connectivity index (χ1n) is 6.34. The summed E-state index contributed by atoms with van der Waals surface area (Å²) in [6.45, 7) is 2.03. The molecule has 0 atom stereocenters. The molecule has 0 spiro atoms. The van der Waals surface area contributed by atoms with Crippen LogP contribution in [0, 0.1) is 10.5 Å². The van der Waals surface area contributed by atoms with Gasteiger partial charge < -0.3 is 14.8 Å². The van der Waals surface area contributed by atoms with Crippen molar-refractivity contribution in [3.05, 3.63) is 51.1 Å². The van der Waals surface area contributed by atoms with E-state index in [1.54, 1.807) is 25.3 Å². The molecule has 110 valence electrons. The van der Waals surface area contributed by atoms with Crippen molar-refractivity contribution < 1.29 is 14.3 Å². The van der Waals surface area contributed by atoms with Crippen LogP contribution in [0.3, 0.4) is 0 Å². The number of aryl methyl sites for hydroxylation is 1. The Morgan fingerprint density at radius 1 is 1.10 bits per heavy atom. The number of anilines is 1. The van der Waals surface area contributed by atoms with Gasteiger partial charge in [0.1, 0.15) is 11.5 Å². The maximum absolute atomic E-state index is 12.4. The van der Waals surface area contributed by atoms with Crippen molar-refractivity contribution in [3.8, 4) is 11.5 Å². The normalized spacial score (nSPS) is 10.1. The molecule has 0 saturated heterocycles. The van der Waals surface area contributed by atoms with E-state index in [2.05, 4.69) is 27.9 Å². The largest absolute Gasteiger partial charge is 0.497 e. The molecule has 2 aromatic rings. The van der Waals surface area contributed by atoms with Gasteiger partial charge in [0.05, 0.1) is 19.8 Å². The molecule has 5 heteroatoms. The van der Waals surface area contributed by atoms with Gasteiger partial charge in [-0.1, -0.05) is 6.07 Å². The summed E-state index contributed by atoms with van der Waals surface area (Å²) in [6, 6.07) is 10.9. The van der Waals surface area contributed by atoms with E-state index < -0.39 is 0 Å². The highest BCUT2D eigenvalue weighted by Gasteiger charge is 2.13. The average molecular weight is 397 g/mol. The second-order valence-electron chi connectivity index (χ2n) is 4.48. The molecule has 0 aliphatic rings. The fourth-order valence-electron chi connectivity index (χ4n) is 1.86. The Labute approximate surface area is 137 Å². The maximum Gasteiger partial charge on any atom is 0.259 e. The minimum atomic E-state index is -0.214. The average Bonchev–Trinajstić information content (AvgIpc) is 2.50. The van der Waals surface area contributed by atoms with Crippen molar-refractivity contribution >= 4 is 34.2 Å². The number of amides is 1. The zero-order valence-electron chi connectivity index (χ0n) is 12.1. The predicted molar refractivity (Wildman–Crippen MR) is 91.4 cm³/mol. The van der Waals surface area contributed by atoms with Crippen molar-refractivity contribution in [2.24, 2.45) is 0 Å². The van der Waals surface area contributed by atoms with E-state index in [-0.39, 0.29) is 5.91 Å². The number of halogens is 1. The van der Waals surface area contributed by atoms with E-state index in [1.165, 1.54) is 12.7 Å². The van der Waals surface area contributed by atoms with E-state index in [4.69, 9.17) is 9.47 Å². The van der Waals surface area contributed by atoms with Crippen LogP contribution in [-0.4, -0.2) is 20.1 Å². The summed E-state index contributed by atoms with van der Waals surface area (Å²) >= 11 is 2.24. The van der Waals surface area contributed by atoms with Crippen LogP contribution in [0.15, 0.2) is 36.4 Å². The summed E-state index contributed by atoms with van der Waals surface area (Å²) in [7, 11) is 3.10. The number of ether oxygens (including phenoxy) is 2. The van der Waals surface area contributed by atoms with Gasteiger partial charge in [0.25, 0.3) is 5.91 Å². The summed E-state index contributed by atoms with van der Waals surface area (Å²) in [6.07, 6.45) is 0. The van der Waals surface area contributed by atoms with Crippen molar-refractivity contribution in [1.29, 1.82) is 0 Å². The van der Waals surface area contributed by atoms with Crippen LogP contribution < -0.4 is 14.8 Å². The van der Waals surface area contributed by atoms with E-state index in [0.29, 0.717) is 17.1 Å². The number of nitrogens with one attached hydrogen (secondary N) is 1. The molecule has 0 fully saturated rings. The molecule has 0 bridgehead atoms. The lowest BCUT2D eigenvalue weighted by Gasteiger charge is -2.11. The van der Waals surface area contributed by atoms with Crippen molar-refractivity contribution in [2.75, 3.05) is 19.5 Å². The molecule has 4 nitrogen and oxygen atoms in total. The highest BCUT2D eigenvalue weighted by molar-refractivity contribution is 14.1. The molecular formula is C16H16INO3. The summed E-state index contributed by atoms with van der Waals surface area (Å²) in [5.74, 6) is 0.913. The van der Waals surface area contributed by atoms with Crippen molar-refractivity contribution in [3.63, 3.8) is 0 Å². The zero-order chi connectivity index (χ0) is 15.4. The Morgan fingerprint density at radius 2 is 1.86 bits per heavy atom. The first kappa shape index (κ1) is 15.6. The molecule has 0 aromatic heterocycles. The quantitative estimate of drug-likeness (QED) is 0.797. The van der Waals surface area contributed by atoms with Crippen molar-refractivity contribution in [2.45, 2.75) is 6.92 Å². The van der Waals surface area contributed by atoms with Crippen LogP contribution in [-0.2, 0) is 0 Å². The first-order valence-corrected chi connectivity index (χ1v) is 7.42. The molecule has 0 saturated carbocycles. The lowest BCUT2D eigenvalue weighted by Crippen LogP contribution is -2.13. The second kappa shape index (κ2) is 6.80. The number of hydrogen-bond acceptors (Lipinski definition) is 3. The van der Waals surface area contributed by atoms with Crippen LogP contribution in [0.1, 0.15) is 15.9 Å². The Hall–Kier alpha value is -1.76. The summed E-state index contributed by atoms with van der Waals surface area (Å²) < 4.78 is 11.5. The zero-order valence-corrected chi connectivity index (χ0v) is 14.2. The van der Waals surface area contributed by atoms with E-state index in [0.717, 1.165) is 9.26 Å². The smallest absolute Gasteiger partial charge is 0.259 e. The van der Waals surface area contributed by atoms with Gasteiger partial charge in [0.2, 0.25) is 0 Å². The molecule has 1 N–H and O–H groups in total. The molecule has 0 radical (unpaired) electrons. The lowest BCUT2D eigenvalue weighted by molar-refractivity contribution is 0.102. The van der Waals surface area contributed by atoms with Crippen LogP contribution in [0.5, 0.6) is 11.5 Å². The Kier molecular flexibility index (Phi) is 5.06. The molecule has 0 aliphatic heterocycles. The van der Waals surface area contributed by atoms with Crippen molar-refractivity contribution in [1.82, 2.24) is 0 Å². The standard InChI is InChI=1S/C16H16INO3/c1-10-4-5-11(8-14(10)17)18-16(19)13-7-6-12(20-2)9-15(13)21-3/h4-9H,1-3H3,(H,18,19). The molecule has 1 amide bonds. The van der Waals surface area contributed by atoms with Gasteiger partial charge in [-0.3, -0.25) is 4.79 Å². The molecular weight excluding hydrogens is 381 g/mol. The molecule has 21 heavy (non-hydrogen) atoms. The molecule has 0 heterocycles. The molecule has 0 unspecified atom stereocenters. The number of methoxy groups -OCH3 is 2. The fourth-order valence-corrected chi connectivity index (χ4v) is 2.37. The number of carbonyl (C=O) groups excluding carboxylic acids is 1. The number of benzene rings is 2. The number of carbonyl (C=O) groups is 1. The van der Waals surface area contributed by atoms with E-state index >= 15 is 0 Å². The number of hydrogen-bond donors (Lipinski definition) is 1. The van der Waals surface area contributed by atoms with Crippen LogP contribution in [0.2, 0.25) is 0 Å². The Morgan fingerprint density at radius 3 is 2.48 bits per heavy atom. The highest BCUT2D eigenvalue weighted by Crippen LogP contribution is 2.26. The summed E-state index contributed by atoms with van der Waals surface area (Å²) in [5.41, 5.74) is 2.40. The number of rotatable bonds is 4. The Bertz CT molecular complexity index is 671. The fraction of sp³-hybridized carbons (Fsp3) is 0.188. The third kappa shape index (κ3) is 3.66. The third-order valence-electron chi connectivity index (χ3n) is 3.08. The topological polar surface area (TPSA) is 47.6 Å². The van der Waals surface area contributed by atoms with Crippen LogP contribution in [0.4, 0.5) is 5.69 Å². The van der Waals surface area contributed by atoms with E-state index in [9.17, 15) is 4.79 Å². The third-order valence-corrected chi connectivity index (χ3v) is 4.25. The monoisotopic (exact) mass is 397 g/mol. The minimum Gasteiger partial charge on any atom is -0.497 e. The SMILES string of the molecule is COc1ccc(C(=O)Nc2ccc(C)c(I)c2)c(OC)c1.